The number of rotatable bonds is 5. The van der Waals surface area contributed by atoms with Crippen LogP contribution in [0.2, 0.25) is 0 Å². The number of ether oxygens (including phenoxy) is 1. The molecule has 1 aromatic carbocycles. The summed E-state index contributed by atoms with van der Waals surface area (Å²) in [6.07, 6.45) is 2.69. The van der Waals surface area contributed by atoms with Gasteiger partial charge in [0.25, 0.3) is 0 Å². The zero-order valence-corrected chi connectivity index (χ0v) is 12.5. The summed E-state index contributed by atoms with van der Waals surface area (Å²) in [5, 5.41) is 0. The predicted octanol–water partition coefficient (Wildman–Crippen LogP) is 3.24. The molecule has 3 nitrogen and oxygen atoms in total. The van der Waals surface area contributed by atoms with Crippen LogP contribution in [0.1, 0.15) is 38.7 Å². The van der Waals surface area contributed by atoms with Crippen molar-refractivity contribution in [3.8, 4) is 0 Å². The van der Waals surface area contributed by atoms with Crippen molar-refractivity contribution in [3.63, 3.8) is 0 Å². The smallest absolute Gasteiger partial charge is 0.223 e. The maximum absolute atomic E-state index is 12.5. The molecule has 0 atom stereocenters. The van der Waals surface area contributed by atoms with Crippen LogP contribution in [0.4, 0.5) is 0 Å². The van der Waals surface area contributed by atoms with E-state index in [9.17, 15) is 4.79 Å². The van der Waals surface area contributed by atoms with Gasteiger partial charge >= 0.3 is 0 Å². The number of hydrogen-bond acceptors (Lipinski definition) is 2. The largest absolute Gasteiger partial charge is 0.381 e. The molecule has 110 valence electrons. The fourth-order valence-electron chi connectivity index (χ4n) is 2.65. The third kappa shape index (κ3) is 4.34. The minimum Gasteiger partial charge on any atom is -0.381 e. The zero-order chi connectivity index (χ0) is 14.4. The summed E-state index contributed by atoms with van der Waals surface area (Å²) in [5.74, 6) is 0.768. The van der Waals surface area contributed by atoms with Crippen molar-refractivity contribution in [2.24, 2.45) is 5.92 Å². The van der Waals surface area contributed by atoms with Gasteiger partial charge in [0.1, 0.15) is 0 Å². The predicted molar refractivity (Wildman–Crippen MR) is 80.3 cm³/mol. The van der Waals surface area contributed by atoms with Crippen molar-refractivity contribution in [1.29, 1.82) is 0 Å². The van der Waals surface area contributed by atoms with Crippen LogP contribution in [-0.2, 0) is 16.1 Å². The van der Waals surface area contributed by atoms with Crippen LogP contribution in [-0.4, -0.2) is 30.1 Å². The maximum atomic E-state index is 12.5. The van der Waals surface area contributed by atoms with Crippen LogP contribution in [0, 0.1) is 5.92 Å². The first-order valence-electron chi connectivity index (χ1n) is 7.58. The Kier molecular flexibility index (Phi) is 5.60. The van der Waals surface area contributed by atoms with Crippen LogP contribution in [0.3, 0.4) is 0 Å². The molecule has 20 heavy (non-hydrogen) atoms. The van der Waals surface area contributed by atoms with Gasteiger partial charge < -0.3 is 9.64 Å². The van der Waals surface area contributed by atoms with E-state index in [0.717, 1.165) is 26.1 Å². The van der Waals surface area contributed by atoms with Crippen molar-refractivity contribution < 1.29 is 9.53 Å². The van der Waals surface area contributed by atoms with E-state index in [-0.39, 0.29) is 11.9 Å². The van der Waals surface area contributed by atoms with Gasteiger partial charge in [-0.3, -0.25) is 4.79 Å². The molecule has 0 spiro atoms. The van der Waals surface area contributed by atoms with Gasteiger partial charge in [-0.05, 0) is 38.2 Å². The number of nitrogens with zero attached hydrogens (tertiary/aromatic N) is 1. The lowest BCUT2D eigenvalue weighted by molar-refractivity contribution is -0.135. The normalized spacial score (nSPS) is 16.4. The molecule has 0 radical (unpaired) electrons. The Morgan fingerprint density at radius 1 is 1.25 bits per heavy atom. The summed E-state index contributed by atoms with van der Waals surface area (Å²) in [5.41, 5.74) is 1.20. The average molecular weight is 275 g/mol. The van der Waals surface area contributed by atoms with Gasteiger partial charge in [-0.25, -0.2) is 0 Å². The Labute approximate surface area is 121 Å². The monoisotopic (exact) mass is 275 g/mol. The Morgan fingerprint density at radius 2 is 1.90 bits per heavy atom. The number of benzene rings is 1. The van der Waals surface area contributed by atoms with Gasteiger partial charge in [-0.15, -0.1) is 0 Å². The minimum absolute atomic E-state index is 0.238. The number of amides is 1. The van der Waals surface area contributed by atoms with E-state index < -0.39 is 0 Å². The van der Waals surface area contributed by atoms with Crippen molar-refractivity contribution in [2.45, 2.75) is 45.7 Å². The number of carbonyl (C=O) groups excluding carboxylic acids is 1. The Morgan fingerprint density at radius 3 is 2.50 bits per heavy atom. The second kappa shape index (κ2) is 7.44. The highest BCUT2D eigenvalue weighted by molar-refractivity contribution is 5.76. The molecule has 0 aliphatic carbocycles. The second-order valence-corrected chi connectivity index (χ2v) is 5.86. The van der Waals surface area contributed by atoms with Crippen LogP contribution in [0.25, 0.3) is 0 Å². The third-order valence-electron chi connectivity index (χ3n) is 3.94. The lowest BCUT2D eigenvalue weighted by Crippen LogP contribution is -2.37. The van der Waals surface area contributed by atoms with Crippen LogP contribution < -0.4 is 0 Å². The van der Waals surface area contributed by atoms with E-state index in [1.165, 1.54) is 5.56 Å². The first kappa shape index (κ1) is 15.0. The van der Waals surface area contributed by atoms with Crippen molar-refractivity contribution in [1.82, 2.24) is 4.90 Å². The Bertz CT molecular complexity index is 410. The lowest BCUT2D eigenvalue weighted by Gasteiger charge is -2.30. The van der Waals surface area contributed by atoms with E-state index >= 15 is 0 Å². The number of carbonyl (C=O) groups is 1. The topological polar surface area (TPSA) is 29.5 Å². The first-order chi connectivity index (χ1) is 9.66. The van der Waals surface area contributed by atoms with Crippen molar-refractivity contribution in [2.75, 3.05) is 13.2 Å². The molecule has 1 aliphatic heterocycles. The van der Waals surface area contributed by atoms with Gasteiger partial charge in [-0.2, -0.15) is 0 Å². The van der Waals surface area contributed by atoms with Crippen LogP contribution in [0.5, 0.6) is 0 Å². The van der Waals surface area contributed by atoms with E-state index in [2.05, 4.69) is 26.0 Å². The van der Waals surface area contributed by atoms with E-state index in [4.69, 9.17) is 4.74 Å². The quantitative estimate of drug-likeness (QED) is 0.825. The molecule has 0 bridgehead atoms. The number of hydrogen-bond donors (Lipinski definition) is 0. The molecule has 0 aromatic heterocycles. The molecule has 1 aromatic rings. The van der Waals surface area contributed by atoms with Gasteiger partial charge in [0.2, 0.25) is 5.91 Å². The maximum Gasteiger partial charge on any atom is 0.223 e. The molecule has 2 rings (SSSR count). The van der Waals surface area contributed by atoms with Crippen LogP contribution >= 0.6 is 0 Å². The van der Waals surface area contributed by atoms with Crippen molar-refractivity contribution in [3.05, 3.63) is 35.9 Å². The molecule has 1 amide bonds. The molecule has 3 heteroatoms. The minimum atomic E-state index is 0.238. The molecule has 0 N–H and O–H groups in total. The highest BCUT2D eigenvalue weighted by Crippen LogP contribution is 2.21. The lowest BCUT2D eigenvalue weighted by atomic mass is 9.95. The molecule has 0 saturated carbocycles. The van der Waals surface area contributed by atoms with Crippen molar-refractivity contribution >= 4 is 5.91 Å². The highest BCUT2D eigenvalue weighted by Gasteiger charge is 2.23. The molecule has 1 fully saturated rings. The van der Waals surface area contributed by atoms with E-state index in [0.29, 0.717) is 18.9 Å². The first-order valence-corrected chi connectivity index (χ1v) is 7.58. The molecular formula is C17H25NO2. The average Bonchev–Trinajstić information content (AvgIpc) is 2.46. The molecule has 0 unspecified atom stereocenters. The van der Waals surface area contributed by atoms with Gasteiger partial charge in [-0.1, -0.05) is 30.3 Å². The molecule has 1 saturated heterocycles. The summed E-state index contributed by atoms with van der Waals surface area (Å²) in [4.78, 5) is 14.5. The summed E-state index contributed by atoms with van der Waals surface area (Å²) >= 11 is 0. The molecular weight excluding hydrogens is 250 g/mol. The SMILES string of the molecule is CC(C)N(Cc1ccccc1)C(=O)CC1CCOCC1. The fourth-order valence-corrected chi connectivity index (χ4v) is 2.65. The Balaban J connectivity index is 1.95. The molecule has 1 aliphatic rings. The van der Waals surface area contributed by atoms with E-state index in [1.54, 1.807) is 0 Å². The summed E-state index contributed by atoms with van der Waals surface area (Å²) in [7, 11) is 0. The third-order valence-corrected chi connectivity index (χ3v) is 3.94. The van der Waals surface area contributed by atoms with Gasteiger partial charge in [0.15, 0.2) is 0 Å². The highest BCUT2D eigenvalue weighted by atomic mass is 16.5. The summed E-state index contributed by atoms with van der Waals surface area (Å²) in [6.45, 7) is 6.49. The summed E-state index contributed by atoms with van der Waals surface area (Å²) in [6, 6.07) is 10.5. The van der Waals surface area contributed by atoms with Crippen LogP contribution in [0.15, 0.2) is 30.3 Å². The second-order valence-electron chi connectivity index (χ2n) is 5.86. The van der Waals surface area contributed by atoms with Gasteiger partial charge in [0.05, 0.1) is 0 Å². The molecule has 1 heterocycles. The standard InChI is InChI=1S/C17H25NO2/c1-14(2)18(13-16-6-4-3-5-7-16)17(19)12-15-8-10-20-11-9-15/h3-7,14-15H,8-13H2,1-2H3. The zero-order valence-electron chi connectivity index (χ0n) is 12.5. The summed E-state index contributed by atoms with van der Waals surface area (Å²) < 4.78 is 5.36. The van der Waals surface area contributed by atoms with E-state index in [1.807, 2.05) is 23.1 Å². The van der Waals surface area contributed by atoms with Gasteiger partial charge in [0, 0.05) is 32.2 Å². The Hall–Kier alpha value is -1.35. The fraction of sp³-hybridized carbons (Fsp3) is 0.588.